The van der Waals surface area contributed by atoms with Crippen molar-refractivity contribution >= 4 is 0 Å². The molecular formula is C26H30N2O2. The minimum absolute atomic E-state index is 0.459. The van der Waals surface area contributed by atoms with E-state index in [-0.39, 0.29) is 0 Å². The molecule has 0 fully saturated rings. The number of aryl methyl sites for hydroxylation is 1. The van der Waals surface area contributed by atoms with Gasteiger partial charge in [-0.15, -0.1) is 0 Å². The summed E-state index contributed by atoms with van der Waals surface area (Å²) in [6, 6.07) is 19.8. The van der Waals surface area contributed by atoms with Crippen molar-refractivity contribution in [3.8, 4) is 11.5 Å². The van der Waals surface area contributed by atoms with Crippen molar-refractivity contribution in [1.29, 1.82) is 0 Å². The first-order chi connectivity index (χ1) is 14.8. The van der Waals surface area contributed by atoms with Gasteiger partial charge < -0.3 is 14.8 Å². The predicted octanol–water partition coefficient (Wildman–Crippen LogP) is 4.57. The number of nitrogens with zero attached hydrogens (tertiary/aromatic N) is 1. The minimum Gasteiger partial charge on any atom is -0.493 e. The Bertz CT molecular complexity index is 958. The highest BCUT2D eigenvalue weighted by molar-refractivity contribution is 5.43. The van der Waals surface area contributed by atoms with Crippen LogP contribution in [0.15, 0.2) is 67.0 Å². The van der Waals surface area contributed by atoms with Crippen molar-refractivity contribution in [2.45, 2.75) is 37.6 Å². The van der Waals surface area contributed by atoms with E-state index in [1.807, 2.05) is 24.5 Å². The zero-order valence-electron chi connectivity index (χ0n) is 17.8. The van der Waals surface area contributed by atoms with Crippen LogP contribution in [-0.2, 0) is 19.3 Å². The molecule has 1 heterocycles. The van der Waals surface area contributed by atoms with Gasteiger partial charge >= 0.3 is 0 Å². The molecule has 2 unspecified atom stereocenters. The normalized spacial score (nSPS) is 17.9. The molecule has 0 radical (unpaired) electrons. The lowest BCUT2D eigenvalue weighted by Crippen LogP contribution is -2.40. The molecule has 0 amide bonds. The van der Waals surface area contributed by atoms with Gasteiger partial charge in [0.25, 0.3) is 0 Å². The third kappa shape index (κ3) is 4.65. The van der Waals surface area contributed by atoms with Crippen LogP contribution in [0.1, 0.15) is 34.6 Å². The van der Waals surface area contributed by atoms with E-state index in [9.17, 15) is 0 Å². The maximum atomic E-state index is 5.44. The smallest absolute Gasteiger partial charge is 0.160 e. The maximum absolute atomic E-state index is 5.44. The first kappa shape index (κ1) is 20.4. The topological polar surface area (TPSA) is 43.4 Å². The first-order valence-electron chi connectivity index (χ1n) is 10.7. The highest BCUT2D eigenvalue weighted by Gasteiger charge is 2.29. The Hall–Kier alpha value is -2.85. The van der Waals surface area contributed by atoms with Gasteiger partial charge in [-0.25, -0.2) is 0 Å². The largest absolute Gasteiger partial charge is 0.493 e. The maximum Gasteiger partial charge on any atom is 0.160 e. The van der Waals surface area contributed by atoms with Crippen LogP contribution in [0, 0.1) is 0 Å². The molecule has 0 saturated heterocycles. The molecule has 1 aromatic heterocycles. The summed E-state index contributed by atoms with van der Waals surface area (Å²) in [6.45, 7) is 0.936. The summed E-state index contributed by atoms with van der Waals surface area (Å²) in [7, 11) is 3.35. The van der Waals surface area contributed by atoms with Gasteiger partial charge in [0.2, 0.25) is 0 Å². The molecule has 0 saturated carbocycles. The van der Waals surface area contributed by atoms with Crippen LogP contribution in [0.25, 0.3) is 0 Å². The number of aromatic nitrogens is 1. The molecule has 4 heteroatoms. The lowest BCUT2D eigenvalue weighted by atomic mass is 9.76. The average Bonchev–Trinajstić information content (AvgIpc) is 2.81. The van der Waals surface area contributed by atoms with Crippen LogP contribution >= 0.6 is 0 Å². The molecule has 2 aromatic carbocycles. The van der Waals surface area contributed by atoms with Crippen LogP contribution in [0.5, 0.6) is 11.5 Å². The zero-order chi connectivity index (χ0) is 20.8. The Morgan fingerprint density at radius 1 is 0.967 bits per heavy atom. The monoisotopic (exact) mass is 402 g/mol. The fourth-order valence-corrected chi connectivity index (χ4v) is 4.56. The van der Waals surface area contributed by atoms with Gasteiger partial charge in [-0.05, 0) is 72.7 Å². The fourth-order valence-electron chi connectivity index (χ4n) is 4.56. The Balaban J connectivity index is 1.46. The zero-order valence-corrected chi connectivity index (χ0v) is 17.8. The third-order valence-corrected chi connectivity index (χ3v) is 6.11. The van der Waals surface area contributed by atoms with Crippen molar-refractivity contribution in [3.63, 3.8) is 0 Å². The number of hydrogen-bond donors (Lipinski definition) is 1. The molecule has 1 N–H and O–H groups in total. The molecule has 1 aliphatic carbocycles. The van der Waals surface area contributed by atoms with Crippen LogP contribution in [0.2, 0.25) is 0 Å². The van der Waals surface area contributed by atoms with Crippen molar-refractivity contribution < 1.29 is 9.47 Å². The summed E-state index contributed by atoms with van der Waals surface area (Å²) in [4.78, 5) is 4.32. The van der Waals surface area contributed by atoms with E-state index in [0.29, 0.717) is 12.0 Å². The van der Waals surface area contributed by atoms with Crippen LogP contribution in [0.4, 0.5) is 0 Å². The molecule has 30 heavy (non-hydrogen) atoms. The third-order valence-electron chi connectivity index (χ3n) is 6.11. The molecule has 4 nitrogen and oxygen atoms in total. The first-order valence-corrected chi connectivity index (χ1v) is 10.7. The molecule has 1 aliphatic rings. The van der Waals surface area contributed by atoms with Gasteiger partial charge in [0.15, 0.2) is 11.5 Å². The predicted molar refractivity (Wildman–Crippen MR) is 120 cm³/mol. The quantitative estimate of drug-likeness (QED) is 0.599. The Labute approximate surface area is 179 Å². The van der Waals surface area contributed by atoms with Crippen LogP contribution in [0.3, 0.4) is 0 Å². The molecule has 3 aromatic rings. The Kier molecular flexibility index (Phi) is 6.65. The lowest BCUT2D eigenvalue weighted by molar-refractivity contribution is 0.354. The summed E-state index contributed by atoms with van der Waals surface area (Å²) < 4.78 is 10.8. The number of pyridine rings is 1. The summed E-state index contributed by atoms with van der Waals surface area (Å²) in [6.07, 6.45) is 8.10. The second kappa shape index (κ2) is 9.77. The van der Waals surface area contributed by atoms with Crippen LogP contribution < -0.4 is 14.8 Å². The van der Waals surface area contributed by atoms with Gasteiger partial charge in [0, 0.05) is 24.4 Å². The summed E-state index contributed by atoms with van der Waals surface area (Å²) in [5, 5.41) is 3.85. The number of methoxy groups -OCH3 is 2. The molecule has 0 bridgehead atoms. The van der Waals surface area contributed by atoms with E-state index in [0.717, 1.165) is 43.7 Å². The average molecular weight is 403 g/mol. The highest BCUT2D eigenvalue weighted by Crippen LogP contribution is 2.34. The number of rotatable bonds is 8. The van der Waals surface area contributed by atoms with E-state index in [2.05, 4.69) is 52.8 Å². The van der Waals surface area contributed by atoms with Gasteiger partial charge in [-0.3, -0.25) is 4.98 Å². The molecule has 156 valence electrons. The molecule has 2 atom stereocenters. The lowest BCUT2D eigenvalue weighted by Gasteiger charge is -2.34. The second-order valence-corrected chi connectivity index (χ2v) is 7.91. The van der Waals surface area contributed by atoms with Gasteiger partial charge in [-0.2, -0.15) is 0 Å². The molecule has 0 aliphatic heterocycles. The molecular weight excluding hydrogens is 372 g/mol. The van der Waals surface area contributed by atoms with E-state index in [1.54, 1.807) is 14.2 Å². The van der Waals surface area contributed by atoms with Gasteiger partial charge in [-0.1, -0.05) is 36.4 Å². The number of fused-ring (bicyclic) bond motifs is 1. The number of nitrogens with one attached hydrogen (secondary N) is 1. The number of benzene rings is 2. The summed E-state index contributed by atoms with van der Waals surface area (Å²) in [5.74, 6) is 2.02. The Morgan fingerprint density at radius 2 is 1.83 bits per heavy atom. The van der Waals surface area contributed by atoms with Gasteiger partial charge in [0.05, 0.1) is 14.2 Å². The Morgan fingerprint density at radius 3 is 2.63 bits per heavy atom. The van der Waals surface area contributed by atoms with Crippen LogP contribution in [-0.4, -0.2) is 31.8 Å². The van der Waals surface area contributed by atoms with E-state index in [4.69, 9.17) is 9.47 Å². The fraction of sp³-hybridized carbons (Fsp3) is 0.346. The van der Waals surface area contributed by atoms with E-state index in [1.165, 1.54) is 22.3 Å². The number of hydrogen-bond acceptors (Lipinski definition) is 4. The van der Waals surface area contributed by atoms with Crippen molar-refractivity contribution in [1.82, 2.24) is 10.3 Å². The minimum atomic E-state index is 0.459. The molecule has 4 rings (SSSR count). The second-order valence-electron chi connectivity index (χ2n) is 7.91. The van der Waals surface area contributed by atoms with Crippen molar-refractivity contribution in [2.24, 2.45) is 0 Å². The standard InChI is InChI=1S/C26H30N2O2/c1-29-25-12-9-19(17-26(25)30-2)13-15-28-24-11-10-21-7-3-4-8-22(21)23(24)16-20-6-5-14-27-18-20/h3-9,12,14,17-18,23-24,28H,10-11,13,15-16H2,1-2H3. The highest BCUT2D eigenvalue weighted by atomic mass is 16.5. The van der Waals surface area contributed by atoms with E-state index < -0.39 is 0 Å². The number of ether oxygens (including phenoxy) is 2. The summed E-state index contributed by atoms with van der Waals surface area (Å²) >= 11 is 0. The van der Waals surface area contributed by atoms with E-state index >= 15 is 0 Å². The SMILES string of the molecule is COc1ccc(CCNC2CCc3ccccc3C2Cc2cccnc2)cc1OC. The van der Waals surface area contributed by atoms with Crippen molar-refractivity contribution in [2.75, 3.05) is 20.8 Å². The molecule has 0 spiro atoms. The summed E-state index contributed by atoms with van der Waals surface area (Å²) in [5.41, 5.74) is 5.52. The van der Waals surface area contributed by atoms with Crippen molar-refractivity contribution in [3.05, 3.63) is 89.2 Å². The van der Waals surface area contributed by atoms with Gasteiger partial charge in [0.1, 0.15) is 0 Å².